The number of ether oxygens (including phenoxy) is 1. The van der Waals surface area contributed by atoms with E-state index >= 15 is 0 Å². The molecule has 2 unspecified atom stereocenters. The van der Waals surface area contributed by atoms with E-state index in [2.05, 4.69) is 36.3 Å². The normalized spacial score (nSPS) is 18.1. The number of aromatic nitrogens is 2. The first kappa shape index (κ1) is 13.9. The van der Waals surface area contributed by atoms with Crippen LogP contribution in [0.2, 0.25) is 0 Å². The number of hydrogen-bond acceptors (Lipinski definition) is 2. The minimum atomic E-state index is 0.0757. The van der Waals surface area contributed by atoms with Crippen molar-refractivity contribution >= 4 is 0 Å². The Labute approximate surface area is 126 Å². The van der Waals surface area contributed by atoms with Gasteiger partial charge in [0.05, 0.1) is 5.56 Å². The largest absolute Gasteiger partial charge is 0.469 e. The SMILES string of the molecule is [CH2]C(C)n1cc(-c2ccccc2)c(OC2C=CCCC2)n1. The van der Waals surface area contributed by atoms with Crippen molar-refractivity contribution in [2.45, 2.75) is 38.3 Å². The third-order valence-electron chi connectivity index (χ3n) is 3.71. The topological polar surface area (TPSA) is 27.1 Å². The molecule has 3 nitrogen and oxygen atoms in total. The van der Waals surface area contributed by atoms with Gasteiger partial charge in [-0.3, -0.25) is 4.68 Å². The van der Waals surface area contributed by atoms with Crippen molar-refractivity contribution in [3.8, 4) is 17.0 Å². The summed E-state index contributed by atoms with van der Waals surface area (Å²) in [6, 6.07) is 10.3. The Morgan fingerprint density at radius 2 is 2.14 bits per heavy atom. The molecule has 1 aliphatic rings. The average Bonchev–Trinajstić information content (AvgIpc) is 2.93. The van der Waals surface area contributed by atoms with Crippen LogP contribution in [0, 0.1) is 6.92 Å². The van der Waals surface area contributed by atoms with Crippen molar-refractivity contribution < 1.29 is 4.74 Å². The lowest BCUT2D eigenvalue weighted by Crippen LogP contribution is -2.16. The molecule has 109 valence electrons. The molecule has 2 aromatic rings. The summed E-state index contributed by atoms with van der Waals surface area (Å²) in [5.41, 5.74) is 2.16. The summed E-state index contributed by atoms with van der Waals surface area (Å²) in [5, 5.41) is 4.58. The summed E-state index contributed by atoms with van der Waals surface area (Å²) in [7, 11) is 0. The number of benzene rings is 1. The number of rotatable bonds is 4. The zero-order chi connectivity index (χ0) is 14.7. The third kappa shape index (κ3) is 3.18. The number of allylic oxidation sites excluding steroid dienone is 1. The maximum absolute atomic E-state index is 6.13. The zero-order valence-corrected chi connectivity index (χ0v) is 12.4. The summed E-state index contributed by atoms with van der Waals surface area (Å²) in [4.78, 5) is 0. The van der Waals surface area contributed by atoms with Crippen LogP contribution >= 0.6 is 0 Å². The highest BCUT2D eigenvalue weighted by Gasteiger charge is 2.18. The van der Waals surface area contributed by atoms with E-state index in [1.54, 1.807) is 0 Å². The summed E-state index contributed by atoms with van der Waals surface area (Å²) in [6.45, 7) is 6.05. The van der Waals surface area contributed by atoms with E-state index in [9.17, 15) is 0 Å². The summed E-state index contributed by atoms with van der Waals surface area (Å²) in [6.07, 6.45) is 9.86. The van der Waals surface area contributed by atoms with Crippen molar-refractivity contribution in [3.05, 3.63) is 55.6 Å². The van der Waals surface area contributed by atoms with Crippen LogP contribution in [-0.4, -0.2) is 15.9 Å². The Morgan fingerprint density at radius 3 is 2.81 bits per heavy atom. The van der Waals surface area contributed by atoms with Gasteiger partial charge in [0.25, 0.3) is 0 Å². The Bertz CT molecular complexity index is 613. The molecule has 1 aliphatic carbocycles. The highest BCUT2D eigenvalue weighted by atomic mass is 16.5. The van der Waals surface area contributed by atoms with Gasteiger partial charge in [-0.25, -0.2) is 0 Å². The highest BCUT2D eigenvalue weighted by Crippen LogP contribution is 2.31. The van der Waals surface area contributed by atoms with Crippen LogP contribution in [0.4, 0.5) is 0 Å². The van der Waals surface area contributed by atoms with Crippen molar-refractivity contribution in [1.29, 1.82) is 0 Å². The molecule has 0 amide bonds. The first-order valence-electron chi connectivity index (χ1n) is 7.55. The van der Waals surface area contributed by atoms with Crippen LogP contribution in [0.5, 0.6) is 5.88 Å². The van der Waals surface area contributed by atoms with Crippen LogP contribution in [0.1, 0.15) is 32.2 Å². The maximum atomic E-state index is 6.13. The molecule has 1 heterocycles. The van der Waals surface area contributed by atoms with E-state index in [-0.39, 0.29) is 12.1 Å². The Hall–Kier alpha value is -2.03. The van der Waals surface area contributed by atoms with E-state index in [0.717, 1.165) is 24.0 Å². The molecule has 0 saturated heterocycles. The lowest BCUT2D eigenvalue weighted by atomic mass is 10.1. The molecule has 0 bridgehead atoms. The summed E-state index contributed by atoms with van der Waals surface area (Å²) >= 11 is 0. The molecule has 21 heavy (non-hydrogen) atoms. The van der Waals surface area contributed by atoms with E-state index in [4.69, 9.17) is 4.74 Å². The van der Waals surface area contributed by atoms with Gasteiger partial charge in [0.2, 0.25) is 5.88 Å². The third-order valence-corrected chi connectivity index (χ3v) is 3.71. The zero-order valence-electron chi connectivity index (χ0n) is 12.4. The Balaban J connectivity index is 1.93. The van der Waals surface area contributed by atoms with Crippen LogP contribution in [0.25, 0.3) is 11.1 Å². The fraction of sp³-hybridized carbons (Fsp3) is 0.333. The van der Waals surface area contributed by atoms with Gasteiger partial charge >= 0.3 is 0 Å². The molecular formula is C18H21N2O. The van der Waals surface area contributed by atoms with Crippen molar-refractivity contribution in [1.82, 2.24) is 9.78 Å². The van der Waals surface area contributed by atoms with Gasteiger partial charge in [-0.2, -0.15) is 0 Å². The van der Waals surface area contributed by atoms with Crippen molar-refractivity contribution in [2.24, 2.45) is 0 Å². The molecule has 1 aromatic carbocycles. The predicted octanol–water partition coefficient (Wildman–Crippen LogP) is 4.43. The second kappa shape index (κ2) is 6.17. The van der Waals surface area contributed by atoms with Gasteiger partial charge in [0, 0.05) is 12.2 Å². The van der Waals surface area contributed by atoms with E-state index in [1.807, 2.05) is 36.0 Å². The smallest absolute Gasteiger partial charge is 0.241 e. The van der Waals surface area contributed by atoms with E-state index < -0.39 is 0 Å². The maximum Gasteiger partial charge on any atom is 0.241 e. The quantitative estimate of drug-likeness (QED) is 0.775. The number of nitrogens with zero attached hydrogens (tertiary/aromatic N) is 2. The van der Waals surface area contributed by atoms with Crippen molar-refractivity contribution in [3.63, 3.8) is 0 Å². The molecule has 0 saturated carbocycles. The standard InChI is InChI=1S/C18H21N2O/c1-14(2)20-13-17(15-9-5-3-6-10-15)18(19-20)21-16-11-7-4-8-12-16/h3,5-7,9-11,13-14,16H,1,4,8,12H2,2H3. The van der Waals surface area contributed by atoms with Gasteiger partial charge in [0.15, 0.2) is 0 Å². The monoisotopic (exact) mass is 281 g/mol. The second-order valence-corrected chi connectivity index (χ2v) is 5.56. The van der Waals surface area contributed by atoms with Gasteiger partial charge in [0.1, 0.15) is 6.10 Å². The molecule has 0 N–H and O–H groups in total. The lowest BCUT2D eigenvalue weighted by Gasteiger charge is -2.17. The fourth-order valence-electron chi connectivity index (χ4n) is 2.53. The average molecular weight is 281 g/mol. The molecule has 0 spiro atoms. The highest BCUT2D eigenvalue weighted by molar-refractivity contribution is 5.67. The Morgan fingerprint density at radius 1 is 1.33 bits per heavy atom. The lowest BCUT2D eigenvalue weighted by molar-refractivity contribution is 0.219. The molecular weight excluding hydrogens is 260 g/mol. The molecule has 3 rings (SSSR count). The molecule has 1 radical (unpaired) electrons. The summed E-state index contributed by atoms with van der Waals surface area (Å²) < 4.78 is 7.99. The molecule has 3 heteroatoms. The van der Waals surface area contributed by atoms with Crippen LogP contribution in [0.3, 0.4) is 0 Å². The van der Waals surface area contributed by atoms with Gasteiger partial charge < -0.3 is 4.74 Å². The van der Waals surface area contributed by atoms with Crippen LogP contribution < -0.4 is 4.74 Å². The minimum Gasteiger partial charge on any atom is -0.469 e. The van der Waals surface area contributed by atoms with E-state index in [1.165, 1.54) is 6.42 Å². The molecule has 1 aromatic heterocycles. The molecule has 0 aliphatic heterocycles. The van der Waals surface area contributed by atoms with Crippen LogP contribution in [-0.2, 0) is 0 Å². The fourth-order valence-corrected chi connectivity index (χ4v) is 2.53. The second-order valence-electron chi connectivity index (χ2n) is 5.56. The van der Waals surface area contributed by atoms with Crippen LogP contribution in [0.15, 0.2) is 48.7 Å². The van der Waals surface area contributed by atoms with E-state index in [0.29, 0.717) is 5.88 Å². The first-order valence-corrected chi connectivity index (χ1v) is 7.55. The van der Waals surface area contributed by atoms with Gasteiger partial charge in [-0.1, -0.05) is 36.4 Å². The van der Waals surface area contributed by atoms with Crippen molar-refractivity contribution in [2.75, 3.05) is 0 Å². The molecule has 0 fully saturated rings. The van der Waals surface area contributed by atoms with Gasteiger partial charge in [-0.05, 0) is 44.7 Å². The Kier molecular flexibility index (Phi) is 4.09. The van der Waals surface area contributed by atoms with Gasteiger partial charge in [-0.15, -0.1) is 5.10 Å². The number of hydrogen-bond donors (Lipinski definition) is 0. The molecule has 2 atom stereocenters. The summed E-state index contributed by atoms with van der Waals surface area (Å²) in [5.74, 6) is 0.702. The minimum absolute atomic E-state index is 0.0757. The first-order chi connectivity index (χ1) is 10.2. The predicted molar refractivity (Wildman–Crippen MR) is 85.1 cm³/mol.